The summed E-state index contributed by atoms with van der Waals surface area (Å²) in [6, 6.07) is 1.26. The molecule has 1 rings (SSSR count). The minimum absolute atomic E-state index is 0.00473. The first-order valence-electron chi connectivity index (χ1n) is 4.95. The number of carbonyl (C=O) groups excluding carboxylic acids is 2. The van der Waals surface area contributed by atoms with Gasteiger partial charge in [-0.1, -0.05) is 23.2 Å². The van der Waals surface area contributed by atoms with Crippen LogP contribution in [0.5, 0.6) is 0 Å². The summed E-state index contributed by atoms with van der Waals surface area (Å²) in [5, 5.41) is 11.0. The van der Waals surface area contributed by atoms with Crippen LogP contribution in [0.2, 0.25) is 10.2 Å². The molecule has 4 N–H and O–H groups in total. The third-order valence-corrected chi connectivity index (χ3v) is 2.55. The lowest BCUT2D eigenvalue weighted by Crippen LogP contribution is -2.43. The number of hydrogen-bond donors (Lipinski definition) is 3. The number of hydrogen-bond acceptors (Lipinski definition) is 4. The molecular weight excluding hydrogens is 297 g/mol. The number of nitrogens with two attached hydrogens (primary N) is 1. The molecule has 1 atom stereocenters. The predicted octanol–water partition coefficient (Wildman–Crippen LogP) is 0.447. The molecule has 1 aromatic rings. The number of aromatic nitrogens is 1. The van der Waals surface area contributed by atoms with Crippen molar-refractivity contribution < 1.29 is 19.5 Å². The Kier molecular flexibility index (Phi) is 5.08. The van der Waals surface area contributed by atoms with Crippen LogP contribution < -0.4 is 11.1 Å². The van der Waals surface area contributed by atoms with Crippen LogP contribution in [-0.2, 0) is 9.59 Å². The maximum atomic E-state index is 11.8. The van der Waals surface area contributed by atoms with E-state index < -0.39 is 30.2 Å². The van der Waals surface area contributed by atoms with Gasteiger partial charge in [-0.25, -0.2) is 9.78 Å². The lowest BCUT2D eigenvalue weighted by Gasteiger charge is -2.12. The van der Waals surface area contributed by atoms with E-state index in [9.17, 15) is 14.4 Å². The SMILES string of the molecule is NC(=O)C[C@H](NC(=O)c1nc(Cl)ccc1Cl)C(=O)O. The van der Waals surface area contributed by atoms with Crippen LogP contribution >= 0.6 is 23.2 Å². The van der Waals surface area contributed by atoms with Crippen LogP contribution in [0, 0.1) is 0 Å². The van der Waals surface area contributed by atoms with Crippen LogP contribution in [-0.4, -0.2) is 33.9 Å². The van der Waals surface area contributed by atoms with Gasteiger partial charge in [0.2, 0.25) is 5.91 Å². The highest BCUT2D eigenvalue weighted by Crippen LogP contribution is 2.16. The number of amides is 2. The van der Waals surface area contributed by atoms with Gasteiger partial charge in [0.1, 0.15) is 16.9 Å². The Morgan fingerprint density at radius 2 is 2.00 bits per heavy atom. The number of aliphatic carboxylic acids is 1. The number of pyridine rings is 1. The van der Waals surface area contributed by atoms with E-state index in [1.807, 2.05) is 0 Å². The average molecular weight is 306 g/mol. The Hall–Kier alpha value is -1.86. The first-order chi connectivity index (χ1) is 8.81. The lowest BCUT2D eigenvalue weighted by molar-refractivity contribution is -0.140. The van der Waals surface area contributed by atoms with Gasteiger partial charge in [-0.3, -0.25) is 9.59 Å². The zero-order valence-electron chi connectivity index (χ0n) is 9.39. The van der Waals surface area contributed by atoms with E-state index in [0.717, 1.165) is 0 Å². The second-order valence-electron chi connectivity index (χ2n) is 3.50. The molecule has 0 aliphatic carbocycles. The molecule has 0 bridgehead atoms. The van der Waals surface area contributed by atoms with Crippen molar-refractivity contribution in [1.82, 2.24) is 10.3 Å². The minimum Gasteiger partial charge on any atom is -0.480 e. The van der Waals surface area contributed by atoms with Gasteiger partial charge in [-0.2, -0.15) is 0 Å². The Bertz CT molecular complexity index is 536. The number of nitrogens with one attached hydrogen (secondary N) is 1. The van der Waals surface area contributed by atoms with E-state index in [0.29, 0.717) is 0 Å². The number of carbonyl (C=O) groups is 3. The maximum Gasteiger partial charge on any atom is 0.326 e. The summed E-state index contributed by atoms with van der Waals surface area (Å²) in [6.07, 6.45) is -0.542. The van der Waals surface area contributed by atoms with Crippen LogP contribution in [0.3, 0.4) is 0 Å². The van der Waals surface area contributed by atoms with Gasteiger partial charge < -0.3 is 16.2 Å². The van der Waals surface area contributed by atoms with Crippen LogP contribution in [0.4, 0.5) is 0 Å². The van der Waals surface area contributed by atoms with Gasteiger partial charge >= 0.3 is 5.97 Å². The normalized spacial score (nSPS) is 11.7. The number of carboxylic acids is 1. The van der Waals surface area contributed by atoms with E-state index in [1.54, 1.807) is 0 Å². The minimum atomic E-state index is -1.46. The fraction of sp³-hybridized carbons (Fsp3) is 0.200. The van der Waals surface area contributed by atoms with Crippen molar-refractivity contribution in [3.05, 3.63) is 28.0 Å². The second kappa shape index (κ2) is 6.35. The van der Waals surface area contributed by atoms with Crippen molar-refractivity contribution in [2.75, 3.05) is 0 Å². The summed E-state index contributed by atoms with van der Waals surface area (Å²) in [5.41, 5.74) is 4.65. The average Bonchev–Trinajstić information content (AvgIpc) is 2.30. The number of rotatable bonds is 5. The molecule has 2 amide bonds. The highest BCUT2D eigenvalue weighted by Gasteiger charge is 2.24. The summed E-state index contributed by atoms with van der Waals surface area (Å²) >= 11 is 11.3. The first kappa shape index (κ1) is 15.2. The monoisotopic (exact) mass is 305 g/mol. The standard InChI is InChI=1S/C10H9Cl2N3O4/c11-4-1-2-6(12)15-8(4)9(17)14-5(10(18)19)3-7(13)16/h1-2,5H,3H2,(H2,13,16)(H,14,17)(H,18,19)/t5-/m0/s1. The van der Waals surface area contributed by atoms with Crippen molar-refractivity contribution in [2.24, 2.45) is 5.73 Å². The van der Waals surface area contributed by atoms with Crippen LogP contribution in [0.1, 0.15) is 16.9 Å². The Morgan fingerprint density at radius 1 is 1.37 bits per heavy atom. The number of halogens is 2. The number of nitrogens with zero attached hydrogens (tertiary/aromatic N) is 1. The van der Waals surface area contributed by atoms with Crippen LogP contribution in [0.15, 0.2) is 12.1 Å². The Labute approximate surface area is 117 Å². The summed E-state index contributed by atoms with van der Waals surface area (Å²) in [7, 11) is 0. The molecule has 0 aliphatic heterocycles. The fourth-order valence-corrected chi connectivity index (χ4v) is 1.54. The summed E-state index contributed by atoms with van der Waals surface area (Å²) in [4.78, 5) is 37.0. The van der Waals surface area contributed by atoms with Gasteiger partial charge in [0.15, 0.2) is 0 Å². The van der Waals surface area contributed by atoms with E-state index >= 15 is 0 Å². The number of carboxylic acid groups (broad SMARTS) is 1. The van der Waals surface area contributed by atoms with Crippen LogP contribution in [0.25, 0.3) is 0 Å². The maximum absolute atomic E-state index is 11.8. The third kappa shape index (κ3) is 4.38. The molecule has 0 saturated heterocycles. The highest BCUT2D eigenvalue weighted by atomic mass is 35.5. The van der Waals surface area contributed by atoms with Crippen molar-refractivity contribution in [1.29, 1.82) is 0 Å². The van der Waals surface area contributed by atoms with Gasteiger partial charge in [-0.15, -0.1) is 0 Å². The summed E-state index contributed by atoms with van der Waals surface area (Å²) in [6.45, 7) is 0. The Balaban J connectivity index is 2.90. The molecule has 7 nitrogen and oxygen atoms in total. The number of primary amides is 1. The molecule has 0 aliphatic rings. The van der Waals surface area contributed by atoms with E-state index in [-0.39, 0.29) is 15.9 Å². The largest absolute Gasteiger partial charge is 0.480 e. The van der Waals surface area contributed by atoms with Crippen molar-refractivity contribution >= 4 is 41.0 Å². The van der Waals surface area contributed by atoms with E-state index in [4.69, 9.17) is 34.0 Å². The Morgan fingerprint density at radius 3 is 2.53 bits per heavy atom. The molecule has 0 saturated carbocycles. The van der Waals surface area contributed by atoms with Gasteiger partial charge in [0, 0.05) is 0 Å². The highest BCUT2D eigenvalue weighted by molar-refractivity contribution is 6.34. The quantitative estimate of drug-likeness (QED) is 0.681. The molecule has 9 heteroatoms. The fourth-order valence-electron chi connectivity index (χ4n) is 1.21. The topological polar surface area (TPSA) is 122 Å². The van der Waals surface area contributed by atoms with Crippen molar-refractivity contribution in [3.63, 3.8) is 0 Å². The summed E-state index contributed by atoms with van der Waals surface area (Å²) in [5.74, 6) is -3.12. The third-order valence-electron chi connectivity index (χ3n) is 2.04. The molecule has 0 fully saturated rings. The molecule has 102 valence electrons. The van der Waals surface area contributed by atoms with Gasteiger partial charge in [0.25, 0.3) is 5.91 Å². The zero-order valence-corrected chi connectivity index (χ0v) is 10.9. The molecule has 0 aromatic carbocycles. The molecule has 19 heavy (non-hydrogen) atoms. The van der Waals surface area contributed by atoms with Gasteiger partial charge in [-0.05, 0) is 12.1 Å². The summed E-state index contributed by atoms with van der Waals surface area (Å²) < 4.78 is 0. The molecule has 0 unspecified atom stereocenters. The molecule has 0 radical (unpaired) electrons. The smallest absolute Gasteiger partial charge is 0.326 e. The van der Waals surface area contributed by atoms with E-state index in [1.165, 1.54) is 12.1 Å². The van der Waals surface area contributed by atoms with Gasteiger partial charge in [0.05, 0.1) is 11.4 Å². The van der Waals surface area contributed by atoms with Crippen molar-refractivity contribution in [3.8, 4) is 0 Å². The first-order valence-corrected chi connectivity index (χ1v) is 5.71. The molecule has 0 spiro atoms. The molecule has 1 aromatic heterocycles. The molecule has 1 heterocycles. The predicted molar refractivity (Wildman–Crippen MR) is 67.0 cm³/mol. The lowest BCUT2D eigenvalue weighted by atomic mass is 10.2. The molecular formula is C10H9Cl2N3O4. The van der Waals surface area contributed by atoms with E-state index in [2.05, 4.69) is 10.3 Å². The second-order valence-corrected chi connectivity index (χ2v) is 4.29. The van der Waals surface area contributed by atoms with Crippen molar-refractivity contribution in [2.45, 2.75) is 12.5 Å². The zero-order chi connectivity index (χ0) is 14.6.